The third-order valence-electron chi connectivity index (χ3n) is 5.61. The molecule has 0 saturated carbocycles. The molecule has 0 saturated heterocycles. The third kappa shape index (κ3) is 5.57. The number of carbonyl (C=O) groups excluding carboxylic acids is 1. The zero-order valence-corrected chi connectivity index (χ0v) is 21.6. The summed E-state index contributed by atoms with van der Waals surface area (Å²) in [6.45, 7) is 12.3. The van der Waals surface area contributed by atoms with Crippen LogP contribution in [0.5, 0.6) is 0 Å². The van der Waals surface area contributed by atoms with Crippen molar-refractivity contribution in [1.29, 1.82) is 0 Å². The Morgan fingerprint density at radius 2 is 1.73 bits per heavy atom. The van der Waals surface area contributed by atoms with Gasteiger partial charge in [-0.3, -0.25) is 4.79 Å². The molecule has 8 heteroatoms. The van der Waals surface area contributed by atoms with E-state index in [1.165, 1.54) is 16.1 Å². The number of rotatable bonds is 8. The van der Waals surface area contributed by atoms with Crippen LogP contribution in [0.2, 0.25) is 0 Å². The molecule has 0 radical (unpaired) electrons. The van der Waals surface area contributed by atoms with Gasteiger partial charge in [0.15, 0.2) is 0 Å². The molecular formula is C25H31N3O3S2. The number of pyridine rings is 1. The van der Waals surface area contributed by atoms with Gasteiger partial charge >= 0.3 is 0 Å². The van der Waals surface area contributed by atoms with Crippen LogP contribution in [0.15, 0.2) is 52.4 Å². The first-order valence-electron chi connectivity index (χ1n) is 11.0. The fourth-order valence-electron chi connectivity index (χ4n) is 3.70. The maximum absolute atomic E-state index is 12.9. The van der Waals surface area contributed by atoms with E-state index in [0.717, 1.165) is 32.8 Å². The smallest absolute Gasteiger partial charge is 0.243 e. The molecule has 176 valence electrons. The topological polar surface area (TPSA) is 79.4 Å². The Bertz CT molecular complexity index is 1290. The Morgan fingerprint density at radius 3 is 2.36 bits per heavy atom. The third-order valence-corrected chi connectivity index (χ3v) is 8.68. The van der Waals surface area contributed by atoms with Crippen LogP contribution in [-0.2, 0) is 14.8 Å². The molecule has 0 aliphatic heterocycles. The molecule has 1 heterocycles. The van der Waals surface area contributed by atoms with Crippen LogP contribution in [0.1, 0.15) is 37.5 Å². The summed E-state index contributed by atoms with van der Waals surface area (Å²) in [5.74, 6) is -0.0906. The number of amides is 1. The van der Waals surface area contributed by atoms with Crippen molar-refractivity contribution in [3.05, 3.63) is 59.2 Å². The van der Waals surface area contributed by atoms with Gasteiger partial charge in [-0.15, -0.1) is 0 Å². The summed E-state index contributed by atoms with van der Waals surface area (Å²) in [6.07, 6.45) is 0. The van der Waals surface area contributed by atoms with Gasteiger partial charge < -0.3 is 5.32 Å². The lowest BCUT2D eigenvalue weighted by Gasteiger charge is -2.19. The molecule has 3 aromatic rings. The van der Waals surface area contributed by atoms with Crippen molar-refractivity contribution in [2.75, 3.05) is 18.4 Å². The number of anilines is 1. The van der Waals surface area contributed by atoms with E-state index >= 15 is 0 Å². The molecule has 0 aliphatic carbocycles. The van der Waals surface area contributed by atoms with Gasteiger partial charge in [0.25, 0.3) is 0 Å². The van der Waals surface area contributed by atoms with Crippen molar-refractivity contribution in [3.8, 4) is 0 Å². The van der Waals surface area contributed by atoms with Crippen molar-refractivity contribution in [3.63, 3.8) is 0 Å². The summed E-state index contributed by atoms with van der Waals surface area (Å²) < 4.78 is 27.2. The number of fused-ring (bicyclic) bond motifs is 1. The molecule has 1 N–H and O–H groups in total. The number of aromatic nitrogens is 1. The summed E-state index contributed by atoms with van der Waals surface area (Å²) in [5.41, 5.74) is 4.61. The van der Waals surface area contributed by atoms with E-state index in [-0.39, 0.29) is 16.1 Å². The first-order valence-corrected chi connectivity index (χ1v) is 13.3. The van der Waals surface area contributed by atoms with Crippen LogP contribution in [0.4, 0.5) is 5.69 Å². The fraction of sp³-hybridized carbons (Fsp3) is 0.360. The normalized spacial score (nSPS) is 12.8. The number of nitrogens with zero attached hydrogens (tertiary/aromatic N) is 2. The summed E-state index contributed by atoms with van der Waals surface area (Å²) in [6, 6.07) is 12.9. The summed E-state index contributed by atoms with van der Waals surface area (Å²) in [4.78, 5) is 17.7. The molecule has 1 atom stereocenters. The van der Waals surface area contributed by atoms with Gasteiger partial charge in [-0.05, 0) is 69.2 Å². The van der Waals surface area contributed by atoms with Gasteiger partial charge in [0.2, 0.25) is 15.9 Å². The van der Waals surface area contributed by atoms with Crippen molar-refractivity contribution in [2.45, 2.75) is 56.7 Å². The molecular weight excluding hydrogens is 454 g/mol. The van der Waals surface area contributed by atoms with Crippen LogP contribution in [0, 0.1) is 20.8 Å². The molecule has 1 unspecified atom stereocenters. The average Bonchev–Trinajstić information content (AvgIpc) is 2.76. The Morgan fingerprint density at radius 1 is 1.03 bits per heavy atom. The molecule has 0 spiro atoms. The number of nitrogens with one attached hydrogen (secondary N) is 1. The van der Waals surface area contributed by atoms with Crippen molar-refractivity contribution in [2.24, 2.45) is 0 Å². The number of sulfonamides is 1. The molecule has 0 fully saturated rings. The lowest BCUT2D eigenvalue weighted by Crippen LogP contribution is -2.30. The largest absolute Gasteiger partial charge is 0.325 e. The van der Waals surface area contributed by atoms with E-state index in [9.17, 15) is 13.2 Å². The zero-order chi connectivity index (χ0) is 24.3. The molecule has 0 bridgehead atoms. The van der Waals surface area contributed by atoms with Gasteiger partial charge in [-0.2, -0.15) is 4.31 Å². The second kappa shape index (κ2) is 10.2. The highest BCUT2D eigenvalue weighted by atomic mass is 32.2. The second-order valence-corrected chi connectivity index (χ2v) is 11.4. The number of benzene rings is 2. The lowest BCUT2D eigenvalue weighted by atomic mass is 10.1. The summed E-state index contributed by atoms with van der Waals surface area (Å²) in [7, 11) is -3.54. The van der Waals surface area contributed by atoms with E-state index < -0.39 is 10.0 Å². The molecule has 2 aromatic carbocycles. The highest BCUT2D eigenvalue weighted by molar-refractivity contribution is 8.00. The SMILES string of the molecule is CCN(CC)S(=O)(=O)c1ccc2nc(SC(C)C(=O)Nc3ccc(C)cc3C)cc(C)c2c1. The predicted octanol–water partition coefficient (Wildman–Crippen LogP) is 5.31. The number of aryl methyl sites for hydroxylation is 3. The van der Waals surface area contributed by atoms with Crippen molar-refractivity contribution >= 4 is 44.3 Å². The molecule has 3 rings (SSSR count). The standard InChI is InChI=1S/C25H31N3O3S2/c1-7-28(8-2)33(30,31)20-10-12-23-21(15-20)17(4)14-24(26-23)32-19(6)25(29)27-22-11-9-16(3)13-18(22)5/h9-15,19H,7-8H2,1-6H3,(H,27,29). The Balaban J connectivity index is 1.82. The Kier molecular flexibility index (Phi) is 7.82. The van der Waals surface area contributed by atoms with Crippen molar-refractivity contribution < 1.29 is 13.2 Å². The van der Waals surface area contributed by atoms with Crippen LogP contribution in [-0.4, -0.2) is 42.0 Å². The predicted molar refractivity (Wildman–Crippen MR) is 136 cm³/mol. The maximum atomic E-state index is 12.9. The average molecular weight is 486 g/mol. The Labute approximate surface area is 200 Å². The maximum Gasteiger partial charge on any atom is 0.243 e. The van der Waals surface area contributed by atoms with Crippen molar-refractivity contribution in [1.82, 2.24) is 9.29 Å². The number of carbonyl (C=O) groups is 1. The Hall–Kier alpha value is -2.42. The molecule has 33 heavy (non-hydrogen) atoms. The zero-order valence-electron chi connectivity index (χ0n) is 20.0. The first kappa shape index (κ1) is 25.2. The number of hydrogen-bond acceptors (Lipinski definition) is 5. The molecule has 1 amide bonds. The molecule has 1 aromatic heterocycles. The monoisotopic (exact) mass is 485 g/mol. The second-order valence-electron chi connectivity index (χ2n) is 8.11. The summed E-state index contributed by atoms with van der Waals surface area (Å²) >= 11 is 1.38. The van der Waals surface area contributed by atoms with E-state index in [1.54, 1.807) is 18.2 Å². The number of hydrogen-bond donors (Lipinski definition) is 1. The molecule has 0 aliphatic rings. The fourth-order valence-corrected chi connectivity index (χ4v) is 6.11. The van der Waals surface area contributed by atoms with Gasteiger partial charge in [0.05, 0.1) is 20.7 Å². The van der Waals surface area contributed by atoms with Crippen LogP contribution >= 0.6 is 11.8 Å². The van der Waals surface area contributed by atoms with E-state index in [0.29, 0.717) is 18.6 Å². The van der Waals surface area contributed by atoms with E-state index in [2.05, 4.69) is 10.3 Å². The van der Waals surface area contributed by atoms with Crippen LogP contribution in [0.3, 0.4) is 0 Å². The minimum atomic E-state index is -3.54. The van der Waals surface area contributed by atoms with Gasteiger partial charge in [-0.1, -0.05) is 43.3 Å². The highest BCUT2D eigenvalue weighted by Gasteiger charge is 2.22. The lowest BCUT2D eigenvalue weighted by molar-refractivity contribution is -0.115. The minimum absolute atomic E-state index is 0.0906. The quantitative estimate of drug-likeness (QED) is 0.438. The van der Waals surface area contributed by atoms with E-state index in [1.807, 2.05) is 65.8 Å². The summed E-state index contributed by atoms with van der Waals surface area (Å²) in [5, 5.41) is 4.16. The van der Waals surface area contributed by atoms with Crippen LogP contribution < -0.4 is 5.32 Å². The van der Waals surface area contributed by atoms with Crippen LogP contribution in [0.25, 0.3) is 10.9 Å². The minimum Gasteiger partial charge on any atom is -0.325 e. The van der Waals surface area contributed by atoms with Gasteiger partial charge in [0.1, 0.15) is 0 Å². The van der Waals surface area contributed by atoms with Gasteiger partial charge in [-0.25, -0.2) is 13.4 Å². The highest BCUT2D eigenvalue weighted by Crippen LogP contribution is 2.29. The van der Waals surface area contributed by atoms with Gasteiger partial charge in [0, 0.05) is 24.2 Å². The van der Waals surface area contributed by atoms with E-state index in [4.69, 9.17) is 0 Å². The molecule has 6 nitrogen and oxygen atoms in total. The first-order chi connectivity index (χ1) is 15.6. The number of thioether (sulfide) groups is 1.